The van der Waals surface area contributed by atoms with Gasteiger partial charge in [-0.15, -0.1) is 11.3 Å². The van der Waals surface area contributed by atoms with E-state index in [0.29, 0.717) is 30.7 Å². The Balaban J connectivity index is 1.34. The molecule has 2 aromatic carbocycles. The number of ether oxygens (including phenoxy) is 2. The number of hydrogen-bond acceptors (Lipinski definition) is 10. The van der Waals surface area contributed by atoms with E-state index in [4.69, 9.17) is 15.2 Å². The lowest BCUT2D eigenvalue weighted by Crippen LogP contribution is -2.43. The first-order chi connectivity index (χ1) is 24.3. The van der Waals surface area contributed by atoms with Crippen LogP contribution in [0.25, 0.3) is 32.1 Å². The van der Waals surface area contributed by atoms with E-state index >= 15 is 17.6 Å². The molecule has 0 saturated carbocycles. The summed E-state index contributed by atoms with van der Waals surface area (Å²) in [4.78, 5) is 26.5. The number of amides is 1. The third kappa shape index (κ3) is 5.28. The first-order valence-electron chi connectivity index (χ1n) is 16.6. The number of aromatic nitrogens is 2. The van der Waals surface area contributed by atoms with Gasteiger partial charge in [0.05, 0.1) is 33.4 Å². The molecule has 4 aromatic rings. The largest absolute Gasteiger partial charge is 0.461 e. The average Bonchev–Trinajstić information content (AvgIpc) is 3.89. The second-order valence-electron chi connectivity index (χ2n) is 13.5. The van der Waals surface area contributed by atoms with Crippen molar-refractivity contribution in [2.45, 2.75) is 62.6 Å². The molecule has 4 aliphatic heterocycles. The average molecular weight is 732 g/mol. The molecule has 0 spiro atoms. The lowest BCUT2D eigenvalue weighted by atomic mass is 9.92. The molecule has 4 atom stereocenters. The summed E-state index contributed by atoms with van der Waals surface area (Å²) in [5, 5.41) is 9.21. The maximum absolute atomic E-state index is 17.2. The quantitative estimate of drug-likeness (QED) is 0.209. The van der Waals surface area contributed by atoms with E-state index in [0.717, 1.165) is 24.6 Å². The standard InChI is InChI=1S/C34H31F6N7O3S/c1-2-46(17-8-18-14-49-32(48)47(18)13-17)30-20-9-22(34(38,39)40)25(19-4-5-23(36)28-24(19)21(11-41)29(42)51-28)26(37)27(20)43-31(44-30)50-15-33-6-3-7-45(33)12-16(35)10-33/h4-5,9,16-18H,2-3,6-8,10,12-15,42H2,1H3. The van der Waals surface area contributed by atoms with Crippen molar-refractivity contribution in [2.75, 3.05) is 50.0 Å². The fraction of sp³-hybridized carbons (Fsp3) is 0.471. The molecule has 1 amide bonds. The van der Waals surface area contributed by atoms with Crippen molar-refractivity contribution in [3.63, 3.8) is 0 Å². The van der Waals surface area contributed by atoms with Crippen LogP contribution in [0.1, 0.15) is 43.7 Å². The predicted octanol–water partition coefficient (Wildman–Crippen LogP) is 6.64. The highest BCUT2D eigenvalue weighted by molar-refractivity contribution is 7.23. The van der Waals surface area contributed by atoms with Crippen molar-refractivity contribution in [1.82, 2.24) is 19.8 Å². The summed E-state index contributed by atoms with van der Waals surface area (Å²) in [6.45, 7) is 3.26. The van der Waals surface area contributed by atoms with Gasteiger partial charge in [-0.3, -0.25) is 9.80 Å². The Morgan fingerprint density at radius 3 is 2.78 bits per heavy atom. The Labute approximate surface area is 291 Å². The molecule has 4 unspecified atom stereocenters. The van der Waals surface area contributed by atoms with Gasteiger partial charge in [-0.25, -0.2) is 18.0 Å². The van der Waals surface area contributed by atoms with Crippen LogP contribution in [0.2, 0.25) is 0 Å². The number of hydrogen-bond donors (Lipinski definition) is 1. The number of thiophene rings is 1. The maximum Gasteiger partial charge on any atom is 0.417 e. The molecule has 8 rings (SSSR count). The van der Waals surface area contributed by atoms with Crippen molar-refractivity contribution >= 4 is 49.2 Å². The number of halogens is 6. The van der Waals surface area contributed by atoms with E-state index in [1.165, 1.54) is 0 Å². The molecule has 17 heteroatoms. The molecule has 4 saturated heterocycles. The van der Waals surface area contributed by atoms with E-state index < -0.39 is 58.3 Å². The zero-order valence-electron chi connectivity index (χ0n) is 27.2. The third-order valence-corrected chi connectivity index (χ3v) is 11.7. The second kappa shape index (κ2) is 12.0. The topological polar surface area (TPSA) is 121 Å². The number of nitrogens with zero attached hydrogens (tertiary/aromatic N) is 6. The Morgan fingerprint density at radius 1 is 1.25 bits per heavy atom. The van der Waals surface area contributed by atoms with Crippen molar-refractivity contribution in [2.24, 2.45) is 0 Å². The van der Waals surface area contributed by atoms with Gasteiger partial charge in [0.2, 0.25) is 0 Å². The fourth-order valence-corrected chi connectivity index (χ4v) is 9.40. The molecular weight excluding hydrogens is 700 g/mol. The smallest absolute Gasteiger partial charge is 0.417 e. The first kappa shape index (κ1) is 33.6. The molecule has 4 aliphatic rings. The number of cyclic esters (lactones) is 1. The van der Waals surface area contributed by atoms with Crippen molar-refractivity contribution in [1.29, 1.82) is 5.26 Å². The van der Waals surface area contributed by atoms with Crippen LogP contribution in [0, 0.1) is 23.0 Å². The van der Waals surface area contributed by atoms with Crippen LogP contribution in [0.15, 0.2) is 18.2 Å². The molecule has 6 heterocycles. The van der Waals surface area contributed by atoms with E-state index in [-0.39, 0.29) is 88.7 Å². The molecule has 268 valence electrons. The molecule has 51 heavy (non-hydrogen) atoms. The number of alkyl halides is 4. The number of carbonyl (C=O) groups excluding carboxylic acids is 1. The summed E-state index contributed by atoms with van der Waals surface area (Å²) < 4.78 is 103. The highest BCUT2D eigenvalue weighted by Gasteiger charge is 2.50. The minimum Gasteiger partial charge on any atom is -0.461 e. The summed E-state index contributed by atoms with van der Waals surface area (Å²) in [6.07, 6.45) is -4.55. The molecule has 0 radical (unpaired) electrons. The van der Waals surface area contributed by atoms with Crippen LogP contribution in [0.4, 0.5) is 42.0 Å². The highest BCUT2D eigenvalue weighted by Crippen LogP contribution is 2.48. The lowest BCUT2D eigenvalue weighted by Gasteiger charge is -2.32. The normalized spacial score (nSPS) is 24.7. The zero-order valence-corrected chi connectivity index (χ0v) is 28.0. The highest BCUT2D eigenvalue weighted by atomic mass is 32.1. The molecule has 0 bridgehead atoms. The Morgan fingerprint density at radius 2 is 2.06 bits per heavy atom. The summed E-state index contributed by atoms with van der Waals surface area (Å²) in [7, 11) is 0. The van der Waals surface area contributed by atoms with Crippen LogP contribution in [0.5, 0.6) is 6.01 Å². The van der Waals surface area contributed by atoms with Crippen LogP contribution < -0.4 is 15.4 Å². The number of nitriles is 1. The van der Waals surface area contributed by atoms with Crippen LogP contribution in [-0.2, 0) is 10.9 Å². The SMILES string of the molecule is CCN(c1nc(OCC23CCCN2CC(F)C3)nc2c(F)c(-c3ccc(F)c4sc(N)c(C#N)c34)c(C(F)(F)F)cc12)C1CC2COC(=O)N2C1. The van der Waals surface area contributed by atoms with Gasteiger partial charge in [-0.05, 0) is 50.4 Å². The van der Waals surface area contributed by atoms with Crippen LogP contribution in [-0.4, -0.2) is 89.0 Å². The number of anilines is 2. The van der Waals surface area contributed by atoms with Gasteiger partial charge in [0, 0.05) is 42.4 Å². The lowest BCUT2D eigenvalue weighted by molar-refractivity contribution is -0.137. The Hall–Kier alpha value is -4.56. The van der Waals surface area contributed by atoms with Crippen molar-refractivity contribution in [3.05, 3.63) is 41.0 Å². The fourth-order valence-electron chi connectivity index (χ4n) is 8.45. The molecule has 2 aromatic heterocycles. The van der Waals surface area contributed by atoms with E-state index in [9.17, 15) is 18.8 Å². The summed E-state index contributed by atoms with van der Waals surface area (Å²) in [5.74, 6) is -2.25. The summed E-state index contributed by atoms with van der Waals surface area (Å²) in [5.41, 5.74) is 1.86. The van der Waals surface area contributed by atoms with Gasteiger partial charge in [0.15, 0.2) is 5.82 Å². The van der Waals surface area contributed by atoms with Gasteiger partial charge in [-0.1, -0.05) is 6.07 Å². The van der Waals surface area contributed by atoms with Crippen LogP contribution in [0.3, 0.4) is 0 Å². The zero-order chi connectivity index (χ0) is 36.0. The van der Waals surface area contributed by atoms with Gasteiger partial charge in [0.1, 0.15) is 47.6 Å². The molecule has 10 nitrogen and oxygen atoms in total. The van der Waals surface area contributed by atoms with Crippen LogP contribution >= 0.6 is 11.3 Å². The second-order valence-corrected chi connectivity index (χ2v) is 14.6. The Bertz CT molecular complexity index is 2140. The van der Waals surface area contributed by atoms with E-state index in [2.05, 4.69) is 9.97 Å². The predicted molar refractivity (Wildman–Crippen MR) is 176 cm³/mol. The third-order valence-electron chi connectivity index (χ3n) is 10.7. The molecule has 2 N–H and O–H groups in total. The molecule has 0 aliphatic carbocycles. The minimum absolute atomic E-state index is 0.0248. The van der Waals surface area contributed by atoms with Crippen molar-refractivity contribution in [3.8, 4) is 23.2 Å². The number of carbonyl (C=O) groups is 1. The van der Waals surface area contributed by atoms with Gasteiger partial charge < -0.3 is 20.1 Å². The van der Waals surface area contributed by atoms with Gasteiger partial charge >= 0.3 is 18.3 Å². The molecular formula is C34H31F6N7O3S. The minimum atomic E-state index is -5.13. The maximum atomic E-state index is 17.2. The number of nitrogens with two attached hydrogens (primary N) is 1. The number of fused-ring (bicyclic) bond motifs is 4. The van der Waals surface area contributed by atoms with Gasteiger partial charge in [0.25, 0.3) is 0 Å². The van der Waals surface area contributed by atoms with E-state index in [1.54, 1.807) is 16.7 Å². The van der Waals surface area contributed by atoms with E-state index in [1.807, 2.05) is 11.0 Å². The number of likely N-dealkylation sites (N-methyl/N-ethyl adjacent to an activating group) is 1. The number of rotatable bonds is 7. The summed E-state index contributed by atoms with van der Waals surface area (Å²) >= 11 is 0.677. The number of benzene rings is 2. The first-order valence-corrected chi connectivity index (χ1v) is 17.4. The number of nitrogen functional groups attached to an aromatic ring is 1. The summed E-state index contributed by atoms with van der Waals surface area (Å²) in [6, 6.07) is 3.51. The Kier molecular flexibility index (Phi) is 7.91. The van der Waals surface area contributed by atoms with Crippen molar-refractivity contribution < 1.29 is 40.6 Å². The monoisotopic (exact) mass is 731 g/mol. The molecule has 4 fully saturated rings. The van der Waals surface area contributed by atoms with Gasteiger partial charge in [-0.2, -0.15) is 28.4 Å².